The molecule has 6 heteroatoms. The fourth-order valence-electron chi connectivity index (χ4n) is 1.30. The van der Waals surface area contributed by atoms with Crippen molar-refractivity contribution in [3.8, 4) is 0 Å². The van der Waals surface area contributed by atoms with Gasteiger partial charge in [0.05, 0.1) is 5.33 Å². The summed E-state index contributed by atoms with van der Waals surface area (Å²) in [4.78, 5) is 22.0. The van der Waals surface area contributed by atoms with Crippen molar-refractivity contribution in [1.82, 2.24) is 0 Å². The molecule has 0 fully saturated rings. The molecule has 0 saturated heterocycles. The van der Waals surface area contributed by atoms with Gasteiger partial charge in [-0.3, -0.25) is 4.79 Å². The number of carboxylic acids is 1. The molecule has 1 atom stereocenters. The number of aliphatic hydroxyl groups is 1. The number of hydrogen-bond donors (Lipinski definition) is 2. The van der Waals surface area contributed by atoms with Crippen molar-refractivity contribution in [3.63, 3.8) is 0 Å². The van der Waals surface area contributed by atoms with Crippen molar-refractivity contribution >= 4 is 50.3 Å². The van der Waals surface area contributed by atoms with Crippen LogP contribution in [-0.4, -0.2) is 27.3 Å². The zero-order valence-corrected chi connectivity index (χ0v) is 12.4. The lowest BCUT2D eigenvalue weighted by Gasteiger charge is -2.09. The maximum absolute atomic E-state index is 11.3. The van der Waals surface area contributed by atoms with Crippen LogP contribution < -0.4 is 0 Å². The molecule has 17 heavy (non-hydrogen) atoms. The molecule has 92 valence electrons. The van der Waals surface area contributed by atoms with Crippen LogP contribution in [0.1, 0.15) is 17.2 Å². The van der Waals surface area contributed by atoms with E-state index in [2.05, 4.69) is 38.5 Å². The smallest absolute Gasteiger partial charge is 0.337 e. The Kier molecular flexibility index (Phi) is 5.54. The Morgan fingerprint density at radius 1 is 1.41 bits per heavy atom. The van der Waals surface area contributed by atoms with Crippen LogP contribution in [0.2, 0.25) is 0 Å². The number of carbonyl (C=O) groups excluding carboxylic acids is 1. The highest BCUT2D eigenvalue weighted by atomic mass is 127. The molecule has 1 aromatic rings. The molecule has 0 amide bonds. The third-order valence-electron chi connectivity index (χ3n) is 2.16. The Bertz CT molecular complexity index is 447. The minimum absolute atomic E-state index is 0.00452. The Balaban J connectivity index is 3.02. The predicted octanol–water partition coefficient (Wildman–Crippen LogP) is 1.92. The number of benzene rings is 1. The number of alkyl halides is 1. The lowest BCUT2D eigenvalue weighted by atomic mass is 10.0. The first-order valence-electron chi connectivity index (χ1n) is 4.72. The fraction of sp³-hybridized carbons (Fsp3) is 0.273. The SMILES string of the molecule is O=C(CBr)Cc1cc(C(O)C(=O)O)ccc1I. The van der Waals surface area contributed by atoms with Gasteiger partial charge in [0, 0.05) is 9.99 Å². The molecule has 0 saturated carbocycles. The zero-order valence-electron chi connectivity index (χ0n) is 8.69. The van der Waals surface area contributed by atoms with Crippen molar-refractivity contribution in [3.05, 3.63) is 32.9 Å². The molecule has 1 rings (SSSR count). The maximum atomic E-state index is 11.3. The van der Waals surface area contributed by atoms with E-state index in [1.807, 2.05) is 0 Å². The number of halogens is 2. The second-order valence-corrected chi connectivity index (χ2v) is 5.16. The van der Waals surface area contributed by atoms with E-state index in [9.17, 15) is 14.7 Å². The van der Waals surface area contributed by atoms with Gasteiger partial charge in [-0.15, -0.1) is 0 Å². The van der Waals surface area contributed by atoms with Gasteiger partial charge in [-0.2, -0.15) is 0 Å². The first-order valence-corrected chi connectivity index (χ1v) is 6.92. The molecule has 0 aliphatic heterocycles. The summed E-state index contributed by atoms with van der Waals surface area (Å²) in [6.07, 6.45) is -1.33. The number of ketones is 1. The highest BCUT2D eigenvalue weighted by Crippen LogP contribution is 2.20. The van der Waals surface area contributed by atoms with Crippen LogP contribution in [0.25, 0.3) is 0 Å². The number of carbonyl (C=O) groups is 2. The first-order chi connectivity index (χ1) is 7.95. The van der Waals surface area contributed by atoms with Crippen molar-refractivity contribution < 1.29 is 19.8 Å². The summed E-state index contributed by atoms with van der Waals surface area (Å²) in [6, 6.07) is 4.79. The lowest BCUT2D eigenvalue weighted by Crippen LogP contribution is -2.12. The number of hydrogen-bond acceptors (Lipinski definition) is 3. The summed E-state index contributed by atoms with van der Waals surface area (Å²) in [6.45, 7) is 0. The summed E-state index contributed by atoms with van der Waals surface area (Å²) < 4.78 is 0.873. The van der Waals surface area contributed by atoms with Crippen LogP contribution in [-0.2, 0) is 16.0 Å². The lowest BCUT2D eigenvalue weighted by molar-refractivity contribution is -0.146. The van der Waals surface area contributed by atoms with Crippen LogP contribution in [0.15, 0.2) is 18.2 Å². The summed E-state index contributed by atoms with van der Waals surface area (Å²) in [5, 5.41) is 18.4. The van der Waals surface area contributed by atoms with E-state index >= 15 is 0 Å². The normalized spacial score (nSPS) is 12.2. The molecule has 1 aromatic carbocycles. The Hall–Kier alpha value is -0.470. The number of aliphatic hydroxyl groups excluding tert-OH is 1. The number of aliphatic carboxylic acids is 1. The summed E-state index contributed by atoms with van der Waals surface area (Å²) in [5.41, 5.74) is 1.02. The van der Waals surface area contributed by atoms with E-state index in [0.717, 1.165) is 9.13 Å². The van der Waals surface area contributed by atoms with Gasteiger partial charge in [0.1, 0.15) is 5.78 Å². The molecular formula is C11H10BrIO4. The van der Waals surface area contributed by atoms with Crippen LogP contribution in [0.3, 0.4) is 0 Å². The van der Waals surface area contributed by atoms with E-state index in [1.165, 1.54) is 0 Å². The molecule has 0 aliphatic rings. The average molecular weight is 413 g/mol. The summed E-state index contributed by atoms with van der Waals surface area (Å²) in [7, 11) is 0. The Morgan fingerprint density at radius 3 is 2.59 bits per heavy atom. The molecule has 2 N–H and O–H groups in total. The highest BCUT2D eigenvalue weighted by molar-refractivity contribution is 14.1. The number of carboxylic acid groups (broad SMARTS) is 1. The monoisotopic (exact) mass is 412 g/mol. The van der Waals surface area contributed by atoms with Crippen molar-refractivity contribution in [2.45, 2.75) is 12.5 Å². The van der Waals surface area contributed by atoms with E-state index in [4.69, 9.17) is 5.11 Å². The standard InChI is InChI=1S/C11H10BrIO4/c12-5-8(14)4-7-3-6(1-2-9(7)13)10(15)11(16)17/h1-3,10,15H,4-5H2,(H,16,17). The minimum atomic E-state index is -1.55. The number of rotatable bonds is 5. The van der Waals surface area contributed by atoms with E-state index < -0.39 is 12.1 Å². The summed E-state index contributed by atoms with van der Waals surface area (Å²) in [5.74, 6) is -1.30. The molecule has 0 spiro atoms. The van der Waals surface area contributed by atoms with Gasteiger partial charge in [0.15, 0.2) is 6.10 Å². The average Bonchev–Trinajstić information content (AvgIpc) is 2.30. The minimum Gasteiger partial charge on any atom is -0.479 e. The van der Waals surface area contributed by atoms with Gasteiger partial charge in [-0.1, -0.05) is 28.1 Å². The van der Waals surface area contributed by atoms with Crippen LogP contribution in [0.5, 0.6) is 0 Å². The van der Waals surface area contributed by atoms with E-state index in [1.54, 1.807) is 18.2 Å². The molecule has 1 unspecified atom stereocenters. The third kappa shape index (κ3) is 4.04. The molecular weight excluding hydrogens is 403 g/mol. The second-order valence-electron chi connectivity index (χ2n) is 3.44. The summed E-state index contributed by atoms with van der Waals surface area (Å²) >= 11 is 5.14. The third-order valence-corrected chi connectivity index (χ3v) is 3.83. The van der Waals surface area contributed by atoms with Gasteiger partial charge >= 0.3 is 5.97 Å². The van der Waals surface area contributed by atoms with E-state index in [0.29, 0.717) is 0 Å². The molecule has 0 aliphatic carbocycles. The molecule has 0 aromatic heterocycles. The Labute approximate surface area is 120 Å². The molecule has 0 bridgehead atoms. The fourth-order valence-corrected chi connectivity index (χ4v) is 2.03. The van der Waals surface area contributed by atoms with Crippen molar-refractivity contribution in [2.24, 2.45) is 0 Å². The molecule has 4 nitrogen and oxygen atoms in total. The molecule has 0 heterocycles. The van der Waals surface area contributed by atoms with Crippen molar-refractivity contribution in [2.75, 3.05) is 5.33 Å². The van der Waals surface area contributed by atoms with Crippen LogP contribution in [0, 0.1) is 3.57 Å². The predicted molar refractivity (Wildman–Crippen MR) is 74.3 cm³/mol. The second kappa shape index (κ2) is 6.46. The van der Waals surface area contributed by atoms with Gasteiger partial charge in [0.2, 0.25) is 0 Å². The van der Waals surface area contributed by atoms with Gasteiger partial charge < -0.3 is 10.2 Å². The highest BCUT2D eigenvalue weighted by Gasteiger charge is 2.17. The quantitative estimate of drug-likeness (QED) is 0.572. The molecule has 0 radical (unpaired) electrons. The van der Waals surface area contributed by atoms with Gasteiger partial charge in [-0.05, 0) is 39.8 Å². The first kappa shape index (κ1) is 14.6. The number of Topliss-reactive ketones (excluding diaryl/α,β-unsaturated/α-hetero) is 1. The van der Waals surface area contributed by atoms with Crippen LogP contribution >= 0.6 is 38.5 Å². The Morgan fingerprint density at radius 2 is 2.06 bits per heavy atom. The van der Waals surface area contributed by atoms with Gasteiger partial charge in [-0.25, -0.2) is 4.79 Å². The largest absolute Gasteiger partial charge is 0.479 e. The van der Waals surface area contributed by atoms with Gasteiger partial charge in [0.25, 0.3) is 0 Å². The van der Waals surface area contributed by atoms with Crippen molar-refractivity contribution in [1.29, 1.82) is 0 Å². The van der Waals surface area contributed by atoms with Crippen LogP contribution in [0.4, 0.5) is 0 Å². The topological polar surface area (TPSA) is 74.6 Å². The van der Waals surface area contributed by atoms with E-state index in [-0.39, 0.29) is 23.1 Å². The zero-order chi connectivity index (χ0) is 13.0. The maximum Gasteiger partial charge on any atom is 0.337 e.